The topological polar surface area (TPSA) is 24.7 Å². The highest BCUT2D eigenvalue weighted by molar-refractivity contribution is 8.43. The predicted octanol–water partition coefficient (Wildman–Crippen LogP) is 15.0. The summed E-state index contributed by atoms with van der Waals surface area (Å²) >= 11 is 23.2. The van der Waals surface area contributed by atoms with Gasteiger partial charge in [0.1, 0.15) is 0 Å². The van der Waals surface area contributed by atoms with Crippen molar-refractivity contribution in [2.24, 2.45) is 10.2 Å². The minimum atomic E-state index is 0.902. The van der Waals surface area contributed by atoms with E-state index in [1.54, 1.807) is 0 Å². The van der Waals surface area contributed by atoms with Crippen molar-refractivity contribution < 1.29 is 0 Å². The SMILES string of the molecule is CCSC1=C(SCC)SC(=C2Sc3ccc(N=Nc4ccc5c(c4)SC(=C4SC(SCC)=C(SCC)S4)S5)cc3S2)S1. The van der Waals surface area contributed by atoms with Crippen LogP contribution >= 0.6 is 141 Å². The predicted molar refractivity (Wildman–Crippen MR) is 211 cm³/mol. The Bertz CT molecular complexity index is 1390. The van der Waals surface area contributed by atoms with E-state index in [0.717, 1.165) is 34.4 Å². The Morgan fingerprint density at radius 1 is 0.429 bits per heavy atom. The molecule has 0 aliphatic carbocycles. The molecular weight excluding hydrogens is 749 g/mol. The Balaban J connectivity index is 1.12. The summed E-state index contributed by atoms with van der Waals surface area (Å²) in [5, 5.41) is 9.29. The largest absolute Gasteiger partial charge is 0.151 e. The standard InChI is InChI=1S/C28H26N2S12/c1-5-31-21-22(32-6-2)40-27(39-21)25-35-17-11-9-15(13-19(17)37-25)29-30-16-10-12-18-20(14-16)38-26(36-18)28-41-23(33-7-3)24(42-28)34-8-4/h9-14H,5-8H2,1-4H3. The molecule has 0 amide bonds. The number of azo groups is 1. The van der Waals surface area contributed by atoms with Crippen LogP contribution in [0.5, 0.6) is 0 Å². The molecule has 6 rings (SSSR count). The van der Waals surface area contributed by atoms with Gasteiger partial charge >= 0.3 is 0 Å². The molecule has 4 heterocycles. The Hall–Kier alpha value is 1.20. The lowest BCUT2D eigenvalue weighted by Crippen LogP contribution is -1.72. The van der Waals surface area contributed by atoms with E-state index in [-0.39, 0.29) is 0 Å². The summed E-state index contributed by atoms with van der Waals surface area (Å²) in [7, 11) is 0. The molecule has 2 nitrogen and oxygen atoms in total. The lowest BCUT2D eigenvalue weighted by Gasteiger charge is -2.00. The number of benzene rings is 2. The summed E-state index contributed by atoms with van der Waals surface area (Å²) in [5.74, 6) is 4.46. The number of hydrogen-bond donors (Lipinski definition) is 0. The Labute approximate surface area is 299 Å². The Morgan fingerprint density at radius 2 is 0.738 bits per heavy atom. The quantitative estimate of drug-likeness (QED) is 0.215. The van der Waals surface area contributed by atoms with Crippen LogP contribution < -0.4 is 0 Å². The van der Waals surface area contributed by atoms with E-state index >= 15 is 0 Å². The molecule has 0 bridgehead atoms. The first-order valence-electron chi connectivity index (χ1n) is 13.2. The molecule has 4 aliphatic heterocycles. The fraction of sp³-hybridized carbons (Fsp3) is 0.286. The van der Waals surface area contributed by atoms with Crippen molar-refractivity contribution in [3.8, 4) is 0 Å². The molecule has 2 aromatic rings. The third-order valence-electron chi connectivity index (χ3n) is 5.46. The Kier molecular flexibility index (Phi) is 12.5. The zero-order valence-corrected chi connectivity index (χ0v) is 32.9. The van der Waals surface area contributed by atoms with Crippen LogP contribution in [0.25, 0.3) is 0 Å². The summed E-state index contributed by atoms with van der Waals surface area (Å²) in [4.78, 5) is 5.18. The van der Waals surface area contributed by atoms with Crippen molar-refractivity contribution in [1.82, 2.24) is 0 Å². The molecule has 0 fully saturated rings. The third-order valence-corrected chi connectivity index (χ3v) is 22.2. The van der Waals surface area contributed by atoms with Gasteiger partial charge in [-0.3, -0.25) is 0 Å². The van der Waals surface area contributed by atoms with Crippen LogP contribution in [-0.2, 0) is 0 Å². The van der Waals surface area contributed by atoms with Crippen molar-refractivity contribution in [1.29, 1.82) is 0 Å². The molecule has 42 heavy (non-hydrogen) atoms. The average molecular weight is 775 g/mol. The van der Waals surface area contributed by atoms with E-state index in [2.05, 4.69) is 74.3 Å². The second kappa shape index (κ2) is 15.9. The summed E-state index contributed by atoms with van der Waals surface area (Å²) < 4.78 is 11.5. The monoisotopic (exact) mass is 774 g/mol. The normalized spacial score (nSPS) is 18.5. The van der Waals surface area contributed by atoms with Gasteiger partial charge in [-0.1, -0.05) is 122 Å². The molecule has 0 unspecified atom stereocenters. The van der Waals surface area contributed by atoms with E-state index in [1.807, 2.05) is 141 Å². The third kappa shape index (κ3) is 7.83. The van der Waals surface area contributed by atoms with Gasteiger partial charge in [0.2, 0.25) is 0 Å². The van der Waals surface area contributed by atoms with Crippen LogP contribution in [0.3, 0.4) is 0 Å². The smallest absolute Gasteiger partial charge is 0.0869 e. The van der Waals surface area contributed by atoms with Gasteiger partial charge in [-0.25, -0.2) is 0 Å². The molecule has 2 aromatic carbocycles. The molecule has 0 radical (unpaired) electrons. The van der Waals surface area contributed by atoms with Gasteiger partial charge in [0.25, 0.3) is 0 Å². The summed E-state index contributed by atoms with van der Waals surface area (Å²) in [6.45, 7) is 8.94. The van der Waals surface area contributed by atoms with Crippen LogP contribution in [-0.4, -0.2) is 23.0 Å². The van der Waals surface area contributed by atoms with Crippen molar-refractivity contribution in [3.05, 3.63) is 70.3 Å². The molecule has 0 N–H and O–H groups in total. The zero-order chi connectivity index (χ0) is 29.1. The van der Waals surface area contributed by atoms with Crippen LogP contribution in [0.15, 0.2) is 100 Å². The lowest BCUT2D eigenvalue weighted by atomic mass is 10.3. The van der Waals surface area contributed by atoms with Gasteiger partial charge < -0.3 is 0 Å². The van der Waals surface area contributed by atoms with Crippen LogP contribution in [0, 0.1) is 0 Å². The zero-order valence-electron chi connectivity index (χ0n) is 23.1. The van der Waals surface area contributed by atoms with Crippen molar-refractivity contribution in [2.75, 3.05) is 23.0 Å². The van der Waals surface area contributed by atoms with Gasteiger partial charge in [-0.2, -0.15) is 10.2 Å². The molecule has 4 aliphatic rings. The average Bonchev–Trinajstić information content (AvgIpc) is 3.77. The van der Waals surface area contributed by atoms with Crippen molar-refractivity contribution in [2.45, 2.75) is 47.3 Å². The molecular formula is C28H26N2S12. The Morgan fingerprint density at radius 3 is 1.07 bits per heavy atom. The highest BCUT2D eigenvalue weighted by atomic mass is 32.3. The maximum atomic E-state index is 4.64. The van der Waals surface area contributed by atoms with Crippen LogP contribution in [0.4, 0.5) is 11.4 Å². The second-order valence-corrected chi connectivity index (χ2v) is 23.8. The van der Waals surface area contributed by atoms with E-state index < -0.39 is 0 Å². The number of nitrogens with zero attached hydrogens (tertiary/aromatic N) is 2. The number of hydrogen-bond acceptors (Lipinski definition) is 14. The van der Waals surface area contributed by atoms with Gasteiger partial charge in [-0.15, -0.1) is 47.0 Å². The fourth-order valence-corrected chi connectivity index (χ4v) is 20.7. The molecule has 0 saturated heterocycles. The highest BCUT2D eigenvalue weighted by Crippen LogP contribution is 2.65. The summed E-state index contributed by atoms with van der Waals surface area (Å²) in [6, 6.07) is 13.0. The molecule has 220 valence electrons. The van der Waals surface area contributed by atoms with Gasteiger partial charge in [0.05, 0.1) is 45.3 Å². The maximum Gasteiger partial charge on any atom is 0.0869 e. The van der Waals surface area contributed by atoms with Gasteiger partial charge in [0.15, 0.2) is 0 Å². The van der Waals surface area contributed by atoms with E-state index in [0.29, 0.717) is 0 Å². The lowest BCUT2D eigenvalue weighted by molar-refractivity contribution is 1.16. The minimum Gasteiger partial charge on any atom is -0.151 e. The maximum absolute atomic E-state index is 4.64. The van der Waals surface area contributed by atoms with Crippen LogP contribution in [0.2, 0.25) is 0 Å². The molecule has 0 aromatic heterocycles. The van der Waals surface area contributed by atoms with Gasteiger partial charge in [0, 0.05) is 19.6 Å². The first-order valence-corrected chi connectivity index (χ1v) is 23.7. The first-order chi connectivity index (χ1) is 20.6. The van der Waals surface area contributed by atoms with E-state index in [4.69, 9.17) is 0 Å². The van der Waals surface area contributed by atoms with Crippen molar-refractivity contribution >= 4 is 153 Å². The summed E-state index contributed by atoms with van der Waals surface area (Å²) in [5.41, 5.74) is 1.80. The van der Waals surface area contributed by atoms with Gasteiger partial charge in [-0.05, 0) is 59.4 Å². The highest BCUT2D eigenvalue weighted by Gasteiger charge is 2.30. The minimum absolute atomic E-state index is 0.902. The van der Waals surface area contributed by atoms with Crippen molar-refractivity contribution in [3.63, 3.8) is 0 Å². The number of thioether (sulfide) groups is 12. The molecule has 0 spiro atoms. The van der Waals surface area contributed by atoms with Crippen LogP contribution in [0.1, 0.15) is 27.7 Å². The summed E-state index contributed by atoms with van der Waals surface area (Å²) in [6.07, 6.45) is 0. The first kappa shape index (κ1) is 33.1. The molecule has 0 saturated carbocycles. The molecule has 0 atom stereocenters. The number of fused-ring (bicyclic) bond motifs is 2. The van der Waals surface area contributed by atoms with E-state index in [1.165, 1.54) is 53.5 Å². The second-order valence-electron chi connectivity index (χ2n) is 8.31. The fourth-order valence-electron chi connectivity index (χ4n) is 3.76. The molecule has 14 heteroatoms. The van der Waals surface area contributed by atoms with E-state index in [9.17, 15) is 0 Å². The number of rotatable bonds is 10.